The molecule has 2 aromatic heterocycles. The van der Waals surface area contributed by atoms with E-state index in [2.05, 4.69) is 16.0 Å². The second-order valence-electron chi connectivity index (χ2n) is 2.87. The summed E-state index contributed by atoms with van der Waals surface area (Å²) in [6.45, 7) is 0.505. The van der Waals surface area contributed by atoms with Gasteiger partial charge in [-0.3, -0.25) is 9.67 Å². The lowest BCUT2D eigenvalue weighted by Gasteiger charge is -1.94. The predicted octanol–water partition coefficient (Wildman–Crippen LogP) is 1.58. The monoisotopic (exact) mass is 183 g/mol. The molecule has 0 saturated heterocycles. The Hall–Kier alpha value is -2.08. The summed E-state index contributed by atoms with van der Waals surface area (Å²) in [4.78, 5) is 3.95. The summed E-state index contributed by atoms with van der Waals surface area (Å²) in [5.74, 6) is 2.54. The molecule has 14 heavy (non-hydrogen) atoms. The molecule has 0 aromatic carbocycles. The highest BCUT2D eigenvalue weighted by Gasteiger charge is 1.99. The largest absolute Gasteiger partial charge is 0.265 e. The van der Waals surface area contributed by atoms with Crippen LogP contribution in [0.25, 0.3) is 11.1 Å². The maximum absolute atomic E-state index is 5.19. The van der Waals surface area contributed by atoms with E-state index in [9.17, 15) is 0 Å². The van der Waals surface area contributed by atoms with Crippen LogP contribution in [0, 0.1) is 12.3 Å². The zero-order chi connectivity index (χ0) is 9.80. The molecular formula is C11H9N3. The van der Waals surface area contributed by atoms with Gasteiger partial charge in [0, 0.05) is 24.2 Å². The van der Waals surface area contributed by atoms with Crippen molar-refractivity contribution in [2.75, 3.05) is 0 Å². The zero-order valence-electron chi connectivity index (χ0n) is 7.59. The molecule has 0 fully saturated rings. The van der Waals surface area contributed by atoms with Crippen molar-refractivity contribution in [3.05, 3.63) is 36.9 Å². The Morgan fingerprint density at radius 3 is 2.79 bits per heavy atom. The number of hydrogen-bond donors (Lipinski definition) is 0. The first-order valence-electron chi connectivity index (χ1n) is 4.26. The Kier molecular flexibility index (Phi) is 2.28. The van der Waals surface area contributed by atoms with Crippen LogP contribution >= 0.6 is 0 Å². The Balaban J connectivity index is 2.31. The first-order valence-corrected chi connectivity index (χ1v) is 4.26. The van der Waals surface area contributed by atoms with Gasteiger partial charge in [-0.15, -0.1) is 6.42 Å². The van der Waals surface area contributed by atoms with Gasteiger partial charge < -0.3 is 0 Å². The quantitative estimate of drug-likeness (QED) is 0.662. The van der Waals surface area contributed by atoms with Crippen molar-refractivity contribution in [2.24, 2.45) is 0 Å². The minimum Gasteiger partial charge on any atom is -0.265 e. The number of aromatic nitrogens is 3. The molecule has 3 heteroatoms. The summed E-state index contributed by atoms with van der Waals surface area (Å²) in [5.41, 5.74) is 2.16. The first kappa shape index (κ1) is 8.52. The number of hydrogen-bond acceptors (Lipinski definition) is 2. The van der Waals surface area contributed by atoms with Gasteiger partial charge in [0.05, 0.1) is 6.20 Å². The Morgan fingerprint density at radius 1 is 1.29 bits per heavy atom. The van der Waals surface area contributed by atoms with E-state index in [1.807, 2.05) is 18.3 Å². The van der Waals surface area contributed by atoms with Gasteiger partial charge in [-0.2, -0.15) is 5.10 Å². The number of terminal acetylenes is 1. The molecule has 0 atom stereocenters. The van der Waals surface area contributed by atoms with Gasteiger partial charge >= 0.3 is 0 Å². The molecule has 2 heterocycles. The average molecular weight is 183 g/mol. The lowest BCUT2D eigenvalue weighted by Crippen LogP contribution is -1.93. The van der Waals surface area contributed by atoms with Gasteiger partial charge in [-0.25, -0.2) is 0 Å². The molecule has 3 nitrogen and oxygen atoms in total. The minimum absolute atomic E-state index is 0.505. The van der Waals surface area contributed by atoms with Crippen molar-refractivity contribution >= 4 is 0 Å². The van der Waals surface area contributed by atoms with Crippen molar-refractivity contribution in [1.82, 2.24) is 14.8 Å². The van der Waals surface area contributed by atoms with E-state index >= 15 is 0 Å². The highest BCUT2D eigenvalue weighted by atomic mass is 15.3. The molecule has 2 aromatic rings. The standard InChI is InChI=1S/C11H9N3/c1-2-7-14-9-11(8-13-14)10-3-5-12-6-4-10/h1,3-6,8-9H,7H2. The van der Waals surface area contributed by atoms with Crippen LogP contribution in [-0.4, -0.2) is 14.8 Å². The molecule has 68 valence electrons. The molecule has 2 rings (SSSR count). The van der Waals surface area contributed by atoms with Crippen molar-refractivity contribution < 1.29 is 0 Å². The van der Waals surface area contributed by atoms with E-state index in [1.54, 1.807) is 23.3 Å². The van der Waals surface area contributed by atoms with Crippen LogP contribution in [0.3, 0.4) is 0 Å². The highest BCUT2D eigenvalue weighted by molar-refractivity contribution is 5.60. The summed E-state index contributed by atoms with van der Waals surface area (Å²) in [5, 5.41) is 4.14. The van der Waals surface area contributed by atoms with E-state index in [0.717, 1.165) is 11.1 Å². The molecule has 0 bridgehead atoms. The van der Waals surface area contributed by atoms with E-state index in [1.165, 1.54) is 0 Å². The van der Waals surface area contributed by atoms with Gasteiger partial charge in [-0.05, 0) is 17.7 Å². The Bertz CT molecular complexity index is 451. The lowest BCUT2D eigenvalue weighted by atomic mass is 10.1. The van der Waals surface area contributed by atoms with Crippen molar-refractivity contribution in [1.29, 1.82) is 0 Å². The summed E-state index contributed by atoms with van der Waals surface area (Å²) in [6, 6.07) is 3.88. The topological polar surface area (TPSA) is 30.7 Å². The Morgan fingerprint density at radius 2 is 2.07 bits per heavy atom. The van der Waals surface area contributed by atoms with Crippen molar-refractivity contribution in [3.63, 3.8) is 0 Å². The van der Waals surface area contributed by atoms with Crippen molar-refractivity contribution in [3.8, 4) is 23.5 Å². The SMILES string of the molecule is C#CCn1cc(-c2ccncc2)cn1. The minimum atomic E-state index is 0.505. The smallest absolute Gasteiger partial charge is 0.101 e. The van der Waals surface area contributed by atoms with Gasteiger partial charge in [0.2, 0.25) is 0 Å². The van der Waals surface area contributed by atoms with Gasteiger partial charge in [-0.1, -0.05) is 5.92 Å². The van der Waals surface area contributed by atoms with E-state index in [4.69, 9.17) is 6.42 Å². The van der Waals surface area contributed by atoms with Crippen LogP contribution < -0.4 is 0 Å². The van der Waals surface area contributed by atoms with Crippen LogP contribution in [0.4, 0.5) is 0 Å². The molecule has 0 aliphatic carbocycles. The Labute approximate surface area is 82.4 Å². The fraction of sp³-hybridized carbons (Fsp3) is 0.0909. The van der Waals surface area contributed by atoms with Crippen molar-refractivity contribution in [2.45, 2.75) is 6.54 Å². The summed E-state index contributed by atoms with van der Waals surface area (Å²) >= 11 is 0. The summed E-state index contributed by atoms with van der Waals surface area (Å²) in [7, 11) is 0. The molecule has 0 unspecified atom stereocenters. The van der Waals surface area contributed by atoms with Crippen LogP contribution in [0.1, 0.15) is 0 Å². The second-order valence-corrected chi connectivity index (χ2v) is 2.87. The molecular weight excluding hydrogens is 174 g/mol. The maximum atomic E-state index is 5.19. The molecule has 0 saturated carbocycles. The molecule has 0 aliphatic heterocycles. The van der Waals surface area contributed by atoms with E-state index in [-0.39, 0.29) is 0 Å². The third kappa shape index (κ3) is 1.64. The van der Waals surface area contributed by atoms with E-state index < -0.39 is 0 Å². The molecule has 0 amide bonds. The summed E-state index contributed by atoms with van der Waals surface area (Å²) in [6.07, 6.45) is 12.4. The predicted molar refractivity (Wildman–Crippen MR) is 54.3 cm³/mol. The van der Waals surface area contributed by atoms with Crippen LogP contribution in [0.15, 0.2) is 36.9 Å². The first-order chi connectivity index (χ1) is 6.90. The average Bonchev–Trinajstić information content (AvgIpc) is 2.68. The molecule has 0 N–H and O–H groups in total. The summed E-state index contributed by atoms with van der Waals surface area (Å²) < 4.78 is 1.73. The molecule has 0 aliphatic rings. The normalized spacial score (nSPS) is 9.64. The van der Waals surface area contributed by atoms with Gasteiger partial charge in [0.25, 0.3) is 0 Å². The van der Waals surface area contributed by atoms with Gasteiger partial charge in [0.1, 0.15) is 6.54 Å². The number of nitrogens with zero attached hydrogens (tertiary/aromatic N) is 3. The molecule has 0 spiro atoms. The van der Waals surface area contributed by atoms with Crippen LogP contribution in [0.2, 0.25) is 0 Å². The second kappa shape index (κ2) is 3.75. The van der Waals surface area contributed by atoms with Gasteiger partial charge in [0.15, 0.2) is 0 Å². The van der Waals surface area contributed by atoms with Crippen LogP contribution in [0.5, 0.6) is 0 Å². The third-order valence-electron chi connectivity index (χ3n) is 1.90. The molecule has 0 radical (unpaired) electrons. The maximum Gasteiger partial charge on any atom is 0.101 e. The lowest BCUT2D eigenvalue weighted by molar-refractivity contribution is 0.716. The zero-order valence-corrected chi connectivity index (χ0v) is 7.59. The van der Waals surface area contributed by atoms with E-state index in [0.29, 0.717) is 6.54 Å². The number of pyridine rings is 1. The fourth-order valence-electron chi connectivity index (χ4n) is 1.24. The third-order valence-corrected chi connectivity index (χ3v) is 1.90. The fourth-order valence-corrected chi connectivity index (χ4v) is 1.24. The number of rotatable bonds is 2. The highest BCUT2D eigenvalue weighted by Crippen LogP contribution is 2.16. The van der Waals surface area contributed by atoms with Crippen LogP contribution in [-0.2, 0) is 6.54 Å².